The van der Waals surface area contributed by atoms with Crippen molar-refractivity contribution in [3.63, 3.8) is 0 Å². The van der Waals surface area contributed by atoms with Crippen LogP contribution in [0, 0.1) is 5.82 Å². The quantitative estimate of drug-likeness (QED) is 0.840. The predicted octanol–water partition coefficient (Wildman–Crippen LogP) is 3.17. The van der Waals surface area contributed by atoms with E-state index in [0.717, 1.165) is 16.3 Å². The number of fused-ring (bicyclic) bond motifs is 1. The summed E-state index contributed by atoms with van der Waals surface area (Å²) in [4.78, 5) is 10.8. The SMILES string of the molecule is CC(C(=O)O)c1ccc2cc(F)ccc2c1. The summed E-state index contributed by atoms with van der Waals surface area (Å²) in [5.74, 6) is -1.69. The third-order valence-corrected chi connectivity index (χ3v) is 2.70. The van der Waals surface area contributed by atoms with Crippen LogP contribution in [0.1, 0.15) is 18.4 Å². The molecule has 2 nitrogen and oxygen atoms in total. The van der Waals surface area contributed by atoms with Crippen LogP contribution in [0.2, 0.25) is 0 Å². The molecule has 1 atom stereocenters. The largest absolute Gasteiger partial charge is 0.481 e. The summed E-state index contributed by atoms with van der Waals surface area (Å²) in [5.41, 5.74) is 0.728. The fourth-order valence-electron chi connectivity index (χ4n) is 1.65. The van der Waals surface area contributed by atoms with Gasteiger partial charge in [0.25, 0.3) is 0 Å². The van der Waals surface area contributed by atoms with Crippen LogP contribution in [0.4, 0.5) is 4.39 Å². The molecule has 1 unspecified atom stereocenters. The van der Waals surface area contributed by atoms with Gasteiger partial charge in [0.2, 0.25) is 0 Å². The fourth-order valence-corrected chi connectivity index (χ4v) is 1.65. The van der Waals surface area contributed by atoms with Gasteiger partial charge in [-0.3, -0.25) is 4.79 Å². The lowest BCUT2D eigenvalue weighted by Crippen LogP contribution is -2.06. The van der Waals surface area contributed by atoms with Crippen molar-refractivity contribution in [3.05, 3.63) is 47.8 Å². The summed E-state index contributed by atoms with van der Waals surface area (Å²) in [6, 6.07) is 9.71. The average Bonchev–Trinajstić information content (AvgIpc) is 2.27. The van der Waals surface area contributed by atoms with E-state index in [1.807, 2.05) is 0 Å². The van der Waals surface area contributed by atoms with E-state index in [2.05, 4.69) is 0 Å². The molecule has 16 heavy (non-hydrogen) atoms. The van der Waals surface area contributed by atoms with E-state index < -0.39 is 11.9 Å². The van der Waals surface area contributed by atoms with E-state index >= 15 is 0 Å². The highest BCUT2D eigenvalue weighted by Crippen LogP contribution is 2.22. The lowest BCUT2D eigenvalue weighted by molar-refractivity contribution is -0.138. The van der Waals surface area contributed by atoms with E-state index in [-0.39, 0.29) is 5.82 Å². The maximum Gasteiger partial charge on any atom is 0.310 e. The normalized spacial score (nSPS) is 12.6. The number of hydrogen-bond donors (Lipinski definition) is 1. The Morgan fingerprint density at radius 2 is 1.81 bits per heavy atom. The summed E-state index contributed by atoms with van der Waals surface area (Å²) < 4.78 is 12.9. The molecule has 2 rings (SSSR count). The van der Waals surface area contributed by atoms with Crippen molar-refractivity contribution in [2.75, 3.05) is 0 Å². The first-order valence-electron chi connectivity index (χ1n) is 5.00. The van der Waals surface area contributed by atoms with Crippen LogP contribution in [0.25, 0.3) is 10.8 Å². The highest BCUT2D eigenvalue weighted by atomic mass is 19.1. The van der Waals surface area contributed by atoms with E-state index in [0.29, 0.717) is 0 Å². The topological polar surface area (TPSA) is 37.3 Å². The van der Waals surface area contributed by atoms with Gasteiger partial charge in [-0.2, -0.15) is 0 Å². The van der Waals surface area contributed by atoms with Crippen molar-refractivity contribution in [2.24, 2.45) is 0 Å². The number of benzene rings is 2. The minimum Gasteiger partial charge on any atom is -0.481 e. The van der Waals surface area contributed by atoms with Crippen LogP contribution in [-0.2, 0) is 4.79 Å². The number of carbonyl (C=O) groups is 1. The van der Waals surface area contributed by atoms with Crippen LogP contribution in [0.15, 0.2) is 36.4 Å². The zero-order valence-corrected chi connectivity index (χ0v) is 8.77. The van der Waals surface area contributed by atoms with Crippen LogP contribution in [-0.4, -0.2) is 11.1 Å². The molecule has 0 aliphatic carbocycles. The third kappa shape index (κ3) is 1.89. The first-order chi connectivity index (χ1) is 7.58. The monoisotopic (exact) mass is 218 g/mol. The van der Waals surface area contributed by atoms with E-state index in [4.69, 9.17) is 5.11 Å². The molecule has 0 spiro atoms. The summed E-state index contributed by atoms with van der Waals surface area (Å²) in [5, 5.41) is 10.5. The fraction of sp³-hybridized carbons (Fsp3) is 0.154. The minimum absolute atomic E-state index is 0.286. The Hall–Kier alpha value is -1.90. The molecule has 0 aliphatic heterocycles. The molecular weight excluding hydrogens is 207 g/mol. The van der Waals surface area contributed by atoms with Gasteiger partial charge in [0.05, 0.1) is 5.92 Å². The molecule has 0 saturated carbocycles. The number of carboxylic acids is 1. The summed E-state index contributed by atoms with van der Waals surface area (Å²) in [6.45, 7) is 1.63. The predicted molar refractivity (Wildman–Crippen MR) is 60.0 cm³/mol. The highest BCUT2D eigenvalue weighted by Gasteiger charge is 2.13. The van der Waals surface area contributed by atoms with Gasteiger partial charge in [0.1, 0.15) is 5.82 Å². The third-order valence-electron chi connectivity index (χ3n) is 2.70. The molecule has 0 radical (unpaired) electrons. The molecule has 0 bridgehead atoms. The number of aliphatic carboxylic acids is 1. The van der Waals surface area contributed by atoms with Crippen molar-refractivity contribution in [3.8, 4) is 0 Å². The van der Waals surface area contributed by atoms with Gasteiger partial charge in [0, 0.05) is 0 Å². The van der Waals surface area contributed by atoms with E-state index in [9.17, 15) is 9.18 Å². The molecule has 2 aromatic carbocycles. The van der Waals surface area contributed by atoms with Crippen molar-refractivity contribution < 1.29 is 14.3 Å². The van der Waals surface area contributed by atoms with Gasteiger partial charge in [-0.15, -0.1) is 0 Å². The second-order valence-electron chi connectivity index (χ2n) is 3.81. The molecule has 0 aromatic heterocycles. The standard InChI is InChI=1S/C13H11FO2/c1-8(13(15)16)9-2-3-11-7-12(14)5-4-10(11)6-9/h2-8H,1H3,(H,15,16). The Morgan fingerprint density at radius 1 is 1.19 bits per heavy atom. The zero-order valence-electron chi connectivity index (χ0n) is 8.77. The number of hydrogen-bond acceptors (Lipinski definition) is 1. The molecule has 82 valence electrons. The molecule has 3 heteroatoms. The molecule has 0 saturated heterocycles. The van der Waals surface area contributed by atoms with Crippen molar-refractivity contribution >= 4 is 16.7 Å². The van der Waals surface area contributed by atoms with Gasteiger partial charge in [0.15, 0.2) is 0 Å². The number of rotatable bonds is 2. The summed E-state index contributed by atoms with van der Waals surface area (Å²) in [7, 11) is 0. The van der Waals surface area contributed by atoms with Gasteiger partial charge < -0.3 is 5.11 Å². The average molecular weight is 218 g/mol. The maximum atomic E-state index is 12.9. The van der Waals surface area contributed by atoms with Crippen LogP contribution in [0.3, 0.4) is 0 Å². The maximum absolute atomic E-state index is 12.9. The molecule has 0 aliphatic rings. The van der Waals surface area contributed by atoms with Crippen LogP contribution >= 0.6 is 0 Å². The molecule has 1 N–H and O–H groups in total. The van der Waals surface area contributed by atoms with Gasteiger partial charge in [-0.25, -0.2) is 4.39 Å². The first-order valence-corrected chi connectivity index (χ1v) is 5.00. The minimum atomic E-state index is -0.860. The molecule has 0 amide bonds. The Labute approximate surface area is 92.3 Å². The van der Waals surface area contributed by atoms with Gasteiger partial charge in [-0.1, -0.05) is 24.3 Å². The second-order valence-corrected chi connectivity index (χ2v) is 3.81. The highest BCUT2D eigenvalue weighted by molar-refractivity contribution is 5.85. The summed E-state index contributed by atoms with van der Waals surface area (Å²) >= 11 is 0. The lowest BCUT2D eigenvalue weighted by Gasteiger charge is -2.07. The van der Waals surface area contributed by atoms with Crippen LogP contribution < -0.4 is 0 Å². The molecular formula is C13H11FO2. The molecule has 2 aromatic rings. The zero-order chi connectivity index (χ0) is 11.7. The number of carboxylic acid groups (broad SMARTS) is 1. The molecule has 0 fully saturated rings. The lowest BCUT2D eigenvalue weighted by atomic mass is 9.98. The Kier molecular flexibility index (Phi) is 2.60. The summed E-state index contributed by atoms with van der Waals surface area (Å²) in [6.07, 6.45) is 0. The van der Waals surface area contributed by atoms with E-state index in [1.165, 1.54) is 12.1 Å². The van der Waals surface area contributed by atoms with Crippen molar-refractivity contribution in [2.45, 2.75) is 12.8 Å². The smallest absolute Gasteiger partial charge is 0.310 e. The number of halogens is 1. The first kappa shape index (κ1) is 10.6. The van der Waals surface area contributed by atoms with E-state index in [1.54, 1.807) is 31.2 Å². The van der Waals surface area contributed by atoms with Crippen molar-refractivity contribution in [1.82, 2.24) is 0 Å². The Balaban J connectivity index is 2.52. The Bertz CT molecular complexity index is 549. The molecule has 0 heterocycles. The van der Waals surface area contributed by atoms with Gasteiger partial charge >= 0.3 is 5.97 Å². The second kappa shape index (κ2) is 3.93. The van der Waals surface area contributed by atoms with Crippen LogP contribution in [0.5, 0.6) is 0 Å². The Morgan fingerprint density at radius 3 is 2.50 bits per heavy atom. The van der Waals surface area contributed by atoms with Crippen molar-refractivity contribution in [1.29, 1.82) is 0 Å². The van der Waals surface area contributed by atoms with Gasteiger partial charge in [-0.05, 0) is 35.4 Å².